The van der Waals surface area contributed by atoms with Crippen LogP contribution >= 0.6 is 11.6 Å². The smallest absolute Gasteiger partial charge is 0.0406 e. The van der Waals surface area contributed by atoms with Crippen molar-refractivity contribution in [2.45, 2.75) is 6.42 Å². The Labute approximate surface area is 229 Å². The van der Waals surface area contributed by atoms with Crippen LogP contribution in [0.15, 0.2) is 146 Å². The summed E-state index contributed by atoms with van der Waals surface area (Å²) in [5.74, 6) is 0. The second-order valence-corrected chi connectivity index (χ2v) is 9.93. The van der Waals surface area contributed by atoms with E-state index in [2.05, 4.69) is 140 Å². The van der Waals surface area contributed by atoms with E-state index in [1.54, 1.807) is 0 Å². The molecule has 0 spiro atoms. The fourth-order valence-corrected chi connectivity index (χ4v) is 5.30. The van der Waals surface area contributed by atoms with Gasteiger partial charge in [-0.05, 0) is 86.0 Å². The molecule has 0 aromatic heterocycles. The second kappa shape index (κ2) is 10.9. The molecule has 0 radical (unpaired) electrons. The average Bonchev–Trinajstić information content (AvgIpc) is 2.99. The molecule has 1 heteroatoms. The maximum Gasteiger partial charge on any atom is 0.0406 e. The zero-order valence-electron chi connectivity index (χ0n) is 21.0. The molecular formula is C37H27Cl. The highest BCUT2D eigenvalue weighted by Crippen LogP contribution is 2.37. The van der Waals surface area contributed by atoms with Crippen molar-refractivity contribution in [3.05, 3.63) is 178 Å². The molecule has 0 aliphatic heterocycles. The molecule has 0 unspecified atom stereocenters. The van der Waals surface area contributed by atoms with Crippen LogP contribution in [0.5, 0.6) is 0 Å². The quantitative estimate of drug-likeness (QED) is 0.197. The molecule has 0 saturated carbocycles. The van der Waals surface area contributed by atoms with E-state index < -0.39 is 0 Å². The van der Waals surface area contributed by atoms with Crippen molar-refractivity contribution >= 4 is 34.0 Å². The lowest BCUT2D eigenvalue weighted by atomic mass is 9.86. The summed E-state index contributed by atoms with van der Waals surface area (Å²) in [7, 11) is 0. The van der Waals surface area contributed by atoms with E-state index in [0.717, 1.165) is 11.4 Å². The highest BCUT2D eigenvalue weighted by molar-refractivity contribution is 6.30. The highest BCUT2D eigenvalue weighted by atomic mass is 35.5. The van der Waals surface area contributed by atoms with Gasteiger partial charge in [-0.25, -0.2) is 0 Å². The summed E-state index contributed by atoms with van der Waals surface area (Å²) < 4.78 is 0. The Kier molecular flexibility index (Phi) is 6.89. The van der Waals surface area contributed by atoms with Crippen molar-refractivity contribution in [3.63, 3.8) is 0 Å². The van der Waals surface area contributed by atoms with Gasteiger partial charge in [0.2, 0.25) is 0 Å². The van der Waals surface area contributed by atoms with Gasteiger partial charge in [-0.2, -0.15) is 0 Å². The molecule has 0 bridgehead atoms. The number of halogens is 1. The Bertz CT molecular complexity index is 1660. The molecule has 0 aliphatic carbocycles. The Morgan fingerprint density at radius 3 is 1.68 bits per heavy atom. The second-order valence-electron chi connectivity index (χ2n) is 9.50. The first-order chi connectivity index (χ1) is 18.8. The van der Waals surface area contributed by atoms with Crippen molar-refractivity contribution in [1.82, 2.24) is 0 Å². The predicted octanol–water partition coefficient (Wildman–Crippen LogP) is 10.3. The van der Waals surface area contributed by atoms with E-state index >= 15 is 0 Å². The lowest BCUT2D eigenvalue weighted by molar-refractivity contribution is 1.21. The summed E-state index contributed by atoms with van der Waals surface area (Å²) in [5, 5.41) is 3.30. The SMILES string of the molecule is Clc1ccc(Cc2c(C=C(c3ccccc3)c3ccccc3)cc(-c3ccccc3)c3ccccc23)cc1. The van der Waals surface area contributed by atoms with Crippen molar-refractivity contribution in [3.8, 4) is 11.1 Å². The van der Waals surface area contributed by atoms with Gasteiger partial charge in [0.25, 0.3) is 0 Å². The monoisotopic (exact) mass is 506 g/mol. The van der Waals surface area contributed by atoms with Crippen molar-refractivity contribution in [2.75, 3.05) is 0 Å². The Morgan fingerprint density at radius 2 is 1.08 bits per heavy atom. The fourth-order valence-electron chi connectivity index (χ4n) is 5.17. The summed E-state index contributed by atoms with van der Waals surface area (Å²) >= 11 is 6.22. The third kappa shape index (κ3) is 5.05. The van der Waals surface area contributed by atoms with E-state index in [1.807, 2.05) is 12.1 Å². The third-order valence-corrected chi connectivity index (χ3v) is 7.29. The van der Waals surface area contributed by atoms with Crippen LogP contribution in [0, 0.1) is 0 Å². The van der Waals surface area contributed by atoms with E-state index in [0.29, 0.717) is 0 Å². The van der Waals surface area contributed by atoms with E-state index in [4.69, 9.17) is 11.6 Å². The molecule has 0 atom stereocenters. The minimum absolute atomic E-state index is 0.758. The topological polar surface area (TPSA) is 0 Å². The van der Waals surface area contributed by atoms with Gasteiger partial charge >= 0.3 is 0 Å². The molecule has 0 amide bonds. The maximum atomic E-state index is 6.22. The van der Waals surface area contributed by atoms with Crippen LogP contribution in [0.4, 0.5) is 0 Å². The van der Waals surface area contributed by atoms with Crippen LogP contribution in [0.1, 0.15) is 27.8 Å². The summed E-state index contributed by atoms with van der Waals surface area (Å²) in [6, 6.07) is 51.4. The van der Waals surface area contributed by atoms with Gasteiger partial charge in [0.1, 0.15) is 0 Å². The van der Waals surface area contributed by atoms with Gasteiger partial charge in [-0.15, -0.1) is 0 Å². The standard InChI is InChI=1S/C37H27Cl/c38-32-22-20-27(21-23-32)24-36-31(25-35(28-12-4-1-5-13-28)29-14-6-2-7-15-29)26-37(30-16-8-3-9-17-30)34-19-11-10-18-33(34)36/h1-23,25-26H,24H2. The molecule has 6 aromatic carbocycles. The molecule has 0 N–H and O–H groups in total. The largest absolute Gasteiger partial charge is 0.0843 e. The average molecular weight is 507 g/mol. The molecule has 0 aliphatic rings. The third-order valence-electron chi connectivity index (χ3n) is 7.04. The van der Waals surface area contributed by atoms with E-state index in [1.165, 1.54) is 55.3 Å². The fraction of sp³-hybridized carbons (Fsp3) is 0.0270. The van der Waals surface area contributed by atoms with Crippen molar-refractivity contribution < 1.29 is 0 Å². The van der Waals surface area contributed by atoms with Crippen LogP contribution in [-0.2, 0) is 6.42 Å². The molecule has 6 aromatic rings. The van der Waals surface area contributed by atoms with Gasteiger partial charge in [0, 0.05) is 5.02 Å². The Hall–Kier alpha value is -4.39. The predicted molar refractivity (Wildman–Crippen MR) is 163 cm³/mol. The number of benzene rings is 6. The van der Waals surface area contributed by atoms with Crippen LogP contribution in [0.3, 0.4) is 0 Å². The van der Waals surface area contributed by atoms with Gasteiger partial charge < -0.3 is 0 Å². The molecule has 182 valence electrons. The summed E-state index contributed by atoms with van der Waals surface area (Å²) in [5.41, 5.74) is 9.84. The van der Waals surface area contributed by atoms with E-state index in [-0.39, 0.29) is 0 Å². The van der Waals surface area contributed by atoms with Crippen LogP contribution in [-0.4, -0.2) is 0 Å². The minimum atomic E-state index is 0.758. The van der Waals surface area contributed by atoms with Gasteiger partial charge in [-0.1, -0.05) is 139 Å². The van der Waals surface area contributed by atoms with Crippen LogP contribution in [0.25, 0.3) is 33.5 Å². The van der Waals surface area contributed by atoms with Crippen molar-refractivity contribution in [1.29, 1.82) is 0 Å². The van der Waals surface area contributed by atoms with Crippen LogP contribution in [0.2, 0.25) is 5.02 Å². The molecule has 0 fully saturated rings. The first-order valence-electron chi connectivity index (χ1n) is 12.9. The number of rotatable bonds is 6. The molecular weight excluding hydrogens is 480 g/mol. The molecule has 6 rings (SSSR count). The summed E-state index contributed by atoms with van der Waals surface area (Å²) in [4.78, 5) is 0. The van der Waals surface area contributed by atoms with Gasteiger partial charge in [0.05, 0.1) is 0 Å². The van der Waals surface area contributed by atoms with Gasteiger partial charge in [-0.3, -0.25) is 0 Å². The number of hydrogen-bond acceptors (Lipinski definition) is 0. The molecule has 0 heterocycles. The first-order valence-corrected chi connectivity index (χ1v) is 13.3. The lowest BCUT2D eigenvalue weighted by Crippen LogP contribution is -1.98. The highest BCUT2D eigenvalue weighted by Gasteiger charge is 2.15. The Balaban J connectivity index is 1.65. The number of fused-ring (bicyclic) bond motifs is 1. The summed E-state index contributed by atoms with van der Waals surface area (Å²) in [6.45, 7) is 0. The lowest BCUT2D eigenvalue weighted by Gasteiger charge is -2.18. The van der Waals surface area contributed by atoms with Gasteiger partial charge in [0.15, 0.2) is 0 Å². The minimum Gasteiger partial charge on any atom is -0.0843 e. The normalized spacial score (nSPS) is 10.9. The Morgan fingerprint density at radius 1 is 0.553 bits per heavy atom. The zero-order valence-corrected chi connectivity index (χ0v) is 21.8. The van der Waals surface area contributed by atoms with E-state index in [9.17, 15) is 0 Å². The molecule has 0 nitrogen and oxygen atoms in total. The summed E-state index contributed by atoms with van der Waals surface area (Å²) in [6.07, 6.45) is 3.18. The van der Waals surface area contributed by atoms with Crippen molar-refractivity contribution in [2.24, 2.45) is 0 Å². The maximum absolute atomic E-state index is 6.22. The number of hydrogen-bond donors (Lipinski definition) is 0. The molecule has 38 heavy (non-hydrogen) atoms. The molecule has 0 saturated heterocycles. The zero-order chi connectivity index (χ0) is 25.7. The first kappa shape index (κ1) is 24.0. The van der Waals surface area contributed by atoms with Crippen LogP contribution < -0.4 is 0 Å².